The van der Waals surface area contributed by atoms with Gasteiger partial charge in [-0.25, -0.2) is 0 Å². The predicted molar refractivity (Wildman–Crippen MR) is 32.2 cm³/mol. The Labute approximate surface area is 53.5 Å². The molecule has 0 aromatic rings. The van der Waals surface area contributed by atoms with Crippen LogP contribution in [0.15, 0.2) is 0 Å². The first-order valence-electron chi connectivity index (χ1n) is 2.75. The predicted octanol–water partition coefficient (Wildman–Crippen LogP) is -0.959. The molecule has 0 fully saturated rings. The van der Waals surface area contributed by atoms with Gasteiger partial charge in [-0.1, -0.05) is 0 Å². The van der Waals surface area contributed by atoms with E-state index in [4.69, 9.17) is 10.2 Å². The Morgan fingerprint density at radius 3 is 2.67 bits per heavy atom. The highest BCUT2D eigenvalue weighted by molar-refractivity contribution is 5.72. The standard InChI is InChI=1S/C5H11NO3/c1-4(5(8)9)6-2-3-7/h4,6-7H,2-3H2,1H3,(H,8,9). The number of nitrogens with one attached hydrogen (secondary N) is 1. The van der Waals surface area contributed by atoms with Crippen LogP contribution in [0.5, 0.6) is 0 Å². The molecule has 0 amide bonds. The fourth-order valence-electron chi connectivity index (χ4n) is 0.368. The second-order valence-corrected chi connectivity index (χ2v) is 1.74. The zero-order valence-corrected chi connectivity index (χ0v) is 5.29. The van der Waals surface area contributed by atoms with E-state index in [-0.39, 0.29) is 6.61 Å². The van der Waals surface area contributed by atoms with Crippen molar-refractivity contribution in [3.63, 3.8) is 0 Å². The van der Waals surface area contributed by atoms with Gasteiger partial charge in [0.15, 0.2) is 0 Å². The molecule has 0 saturated carbocycles. The van der Waals surface area contributed by atoms with E-state index in [1.54, 1.807) is 0 Å². The Hall–Kier alpha value is -0.610. The third-order valence-electron chi connectivity index (χ3n) is 0.933. The summed E-state index contributed by atoms with van der Waals surface area (Å²) in [7, 11) is 0. The Morgan fingerprint density at radius 1 is 1.78 bits per heavy atom. The topological polar surface area (TPSA) is 69.6 Å². The van der Waals surface area contributed by atoms with Gasteiger partial charge in [0, 0.05) is 6.54 Å². The van der Waals surface area contributed by atoms with Crippen molar-refractivity contribution in [3.05, 3.63) is 0 Å². The molecule has 0 aliphatic carbocycles. The van der Waals surface area contributed by atoms with Crippen LogP contribution in [-0.4, -0.2) is 35.4 Å². The Bertz CT molecular complexity index is 94.2. The average molecular weight is 133 g/mol. The molecule has 0 radical (unpaired) electrons. The minimum Gasteiger partial charge on any atom is -0.480 e. The lowest BCUT2D eigenvalue weighted by atomic mass is 10.3. The van der Waals surface area contributed by atoms with Gasteiger partial charge < -0.3 is 15.5 Å². The number of carbonyl (C=O) groups is 1. The summed E-state index contributed by atoms with van der Waals surface area (Å²) in [5.41, 5.74) is 0. The highest BCUT2D eigenvalue weighted by atomic mass is 16.4. The number of aliphatic carboxylic acids is 1. The van der Waals surface area contributed by atoms with Crippen molar-refractivity contribution in [1.82, 2.24) is 5.32 Å². The van der Waals surface area contributed by atoms with Gasteiger partial charge in [-0.3, -0.25) is 4.79 Å². The van der Waals surface area contributed by atoms with Crippen LogP contribution in [0.2, 0.25) is 0 Å². The van der Waals surface area contributed by atoms with E-state index in [1.807, 2.05) is 0 Å². The third kappa shape index (κ3) is 3.93. The van der Waals surface area contributed by atoms with Gasteiger partial charge in [0.2, 0.25) is 0 Å². The van der Waals surface area contributed by atoms with E-state index >= 15 is 0 Å². The van der Waals surface area contributed by atoms with Crippen molar-refractivity contribution >= 4 is 5.97 Å². The van der Waals surface area contributed by atoms with Crippen LogP contribution in [0, 0.1) is 0 Å². The zero-order valence-electron chi connectivity index (χ0n) is 5.29. The largest absolute Gasteiger partial charge is 0.480 e. The van der Waals surface area contributed by atoms with Gasteiger partial charge in [0.1, 0.15) is 6.04 Å². The molecule has 4 heteroatoms. The monoisotopic (exact) mass is 133 g/mol. The first kappa shape index (κ1) is 8.39. The SMILES string of the molecule is CC(NCCO)C(=O)O. The molecule has 0 aliphatic rings. The van der Waals surface area contributed by atoms with Crippen LogP contribution >= 0.6 is 0 Å². The van der Waals surface area contributed by atoms with Crippen LogP contribution < -0.4 is 5.32 Å². The van der Waals surface area contributed by atoms with Crippen LogP contribution in [-0.2, 0) is 4.79 Å². The van der Waals surface area contributed by atoms with Gasteiger partial charge in [-0.05, 0) is 6.92 Å². The summed E-state index contributed by atoms with van der Waals surface area (Å²) in [6, 6.07) is -0.572. The molecule has 1 unspecified atom stereocenters. The molecule has 9 heavy (non-hydrogen) atoms. The average Bonchev–Trinajstić information content (AvgIpc) is 1.82. The molecule has 0 bridgehead atoms. The molecule has 0 aliphatic heterocycles. The number of carboxylic acid groups (broad SMARTS) is 1. The van der Waals surface area contributed by atoms with E-state index in [1.165, 1.54) is 6.92 Å². The maximum Gasteiger partial charge on any atom is 0.320 e. The number of aliphatic hydroxyl groups is 1. The van der Waals surface area contributed by atoms with E-state index < -0.39 is 12.0 Å². The minimum atomic E-state index is -0.900. The van der Waals surface area contributed by atoms with Crippen molar-refractivity contribution in [2.24, 2.45) is 0 Å². The Balaban J connectivity index is 3.27. The van der Waals surface area contributed by atoms with Crippen molar-refractivity contribution < 1.29 is 15.0 Å². The highest BCUT2D eigenvalue weighted by Crippen LogP contribution is 1.77. The summed E-state index contributed by atoms with van der Waals surface area (Å²) in [6.07, 6.45) is 0. The van der Waals surface area contributed by atoms with Crippen molar-refractivity contribution in [2.75, 3.05) is 13.2 Å². The molecule has 0 aromatic heterocycles. The summed E-state index contributed by atoms with van der Waals surface area (Å²) in [5, 5.41) is 19.1. The Morgan fingerprint density at radius 2 is 2.33 bits per heavy atom. The lowest BCUT2D eigenvalue weighted by Crippen LogP contribution is -2.35. The van der Waals surface area contributed by atoms with E-state index in [0.717, 1.165) is 0 Å². The number of hydrogen-bond donors (Lipinski definition) is 3. The van der Waals surface area contributed by atoms with Gasteiger partial charge in [-0.2, -0.15) is 0 Å². The molecule has 1 atom stereocenters. The fourth-order valence-corrected chi connectivity index (χ4v) is 0.368. The fraction of sp³-hybridized carbons (Fsp3) is 0.800. The molecule has 4 nitrogen and oxygen atoms in total. The van der Waals surface area contributed by atoms with Crippen molar-refractivity contribution in [1.29, 1.82) is 0 Å². The van der Waals surface area contributed by atoms with Crippen molar-refractivity contribution in [2.45, 2.75) is 13.0 Å². The van der Waals surface area contributed by atoms with E-state index in [0.29, 0.717) is 6.54 Å². The smallest absolute Gasteiger partial charge is 0.320 e. The second-order valence-electron chi connectivity index (χ2n) is 1.74. The molecular formula is C5H11NO3. The summed E-state index contributed by atoms with van der Waals surface area (Å²) in [4.78, 5) is 10.1. The number of carboxylic acids is 1. The third-order valence-corrected chi connectivity index (χ3v) is 0.933. The summed E-state index contributed by atoms with van der Waals surface area (Å²) < 4.78 is 0. The zero-order chi connectivity index (χ0) is 7.28. The molecule has 0 aromatic carbocycles. The molecule has 0 heterocycles. The quantitative estimate of drug-likeness (QED) is 0.462. The van der Waals surface area contributed by atoms with Gasteiger partial charge in [-0.15, -0.1) is 0 Å². The lowest BCUT2D eigenvalue weighted by Gasteiger charge is -2.05. The summed E-state index contributed by atoms with van der Waals surface area (Å²) in [5.74, 6) is -0.900. The van der Waals surface area contributed by atoms with Crippen LogP contribution in [0.3, 0.4) is 0 Å². The molecule has 54 valence electrons. The molecular weight excluding hydrogens is 122 g/mol. The first-order valence-corrected chi connectivity index (χ1v) is 2.75. The normalized spacial score (nSPS) is 13.1. The van der Waals surface area contributed by atoms with Crippen LogP contribution in [0.25, 0.3) is 0 Å². The molecule has 0 rings (SSSR count). The molecule has 0 saturated heterocycles. The maximum atomic E-state index is 10.1. The van der Waals surface area contributed by atoms with Gasteiger partial charge in [0.05, 0.1) is 6.61 Å². The minimum absolute atomic E-state index is 0.0301. The summed E-state index contributed by atoms with van der Waals surface area (Å²) in [6.45, 7) is 1.82. The second kappa shape index (κ2) is 4.29. The Kier molecular flexibility index (Phi) is 4.00. The van der Waals surface area contributed by atoms with Crippen LogP contribution in [0.4, 0.5) is 0 Å². The van der Waals surface area contributed by atoms with Gasteiger partial charge in [0.25, 0.3) is 0 Å². The highest BCUT2D eigenvalue weighted by Gasteiger charge is 2.07. The molecule has 0 spiro atoms. The van der Waals surface area contributed by atoms with Crippen LogP contribution in [0.1, 0.15) is 6.92 Å². The summed E-state index contributed by atoms with van der Waals surface area (Å²) >= 11 is 0. The maximum absolute atomic E-state index is 10.1. The first-order chi connectivity index (χ1) is 4.18. The number of aliphatic hydroxyl groups excluding tert-OH is 1. The van der Waals surface area contributed by atoms with Crippen molar-refractivity contribution in [3.8, 4) is 0 Å². The lowest BCUT2D eigenvalue weighted by molar-refractivity contribution is -0.139. The van der Waals surface area contributed by atoms with E-state index in [2.05, 4.69) is 5.32 Å². The molecule has 3 N–H and O–H groups in total. The van der Waals surface area contributed by atoms with E-state index in [9.17, 15) is 4.79 Å². The number of hydrogen-bond acceptors (Lipinski definition) is 3. The number of rotatable bonds is 4. The van der Waals surface area contributed by atoms with Gasteiger partial charge >= 0.3 is 5.97 Å².